The number of rotatable bonds is 5. The van der Waals surface area contributed by atoms with Crippen LogP contribution in [0.15, 0.2) is 48.5 Å². The fourth-order valence-electron chi connectivity index (χ4n) is 3.67. The molecule has 8 nitrogen and oxygen atoms in total. The van der Waals surface area contributed by atoms with E-state index in [2.05, 4.69) is 10.3 Å². The lowest BCUT2D eigenvalue weighted by molar-refractivity contribution is -0.384. The Hall–Kier alpha value is -3.65. The van der Waals surface area contributed by atoms with Crippen molar-refractivity contribution in [3.63, 3.8) is 0 Å². The zero-order valence-electron chi connectivity index (χ0n) is 16.9. The molecule has 0 saturated heterocycles. The number of hydrogen-bond donors (Lipinski definition) is 1. The van der Waals surface area contributed by atoms with Gasteiger partial charge in [-0.3, -0.25) is 14.9 Å². The number of para-hydroxylation sites is 1. The lowest BCUT2D eigenvalue weighted by Crippen LogP contribution is -2.39. The number of carbonyl (C=O) groups excluding carboxylic acids is 1. The smallest absolute Gasteiger partial charge is 0.270 e. The zero-order valence-corrected chi connectivity index (χ0v) is 16.9. The Morgan fingerprint density at radius 2 is 1.87 bits per heavy atom. The van der Waals surface area contributed by atoms with Gasteiger partial charge in [0, 0.05) is 30.1 Å². The van der Waals surface area contributed by atoms with Gasteiger partial charge in [0.1, 0.15) is 5.52 Å². The van der Waals surface area contributed by atoms with E-state index in [0.717, 1.165) is 5.39 Å². The van der Waals surface area contributed by atoms with E-state index < -0.39 is 4.92 Å². The van der Waals surface area contributed by atoms with Crippen LogP contribution in [0.2, 0.25) is 0 Å². The molecule has 30 heavy (non-hydrogen) atoms. The van der Waals surface area contributed by atoms with Crippen LogP contribution >= 0.6 is 0 Å². The Bertz CT molecular complexity index is 1300. The van der Waals surface area contributed by atoms with Gasteiger partial charge in [0.2, 0.25) is 0 Å². The molecule has 1 unspecified atom stereocenters. The minimum Gasteiger partial charge on any atom is -0.348 e. The summed E-state index contributed by atoms with van der Waals surface area (Å²) in [5.41, 5.74) is 2.87. The molecule has 0 saturated carbocycles. The number of hydrogen-bond acceptors (Lipinski definition) is 6. The fourth-order valence-corrected chi connectivity index (χ4v) is 3.67. The molecule has 1 heterocycles. The molecule has 1 atom stereocenters. The second kappa shape index (κ2) is 7.64. The van der Waals surface area contributed by atoms with Gasteiger partial charge in [-0.15, -0.1) is 0 Å². The van der Waals surface area contributed by atoms with E-state index in [1.807, 2.05) is 32.0 Å². The van der Waals surface area contributed by atoms with Gasteiger partial charge in [0.25, 0.3) is 11.6 Å². The van der Waals surface area contributed by atoms with Crippen LogP contribution in [0.1, 0.15) is 17.3 Å². The lowest BCUT2D eigenvalue weighted by Gasteiger charge is -2.18. The summed E-state index contributed by atoms with van der Waals surface area (Å²) in [5, 5.41) is 15.5. The molecule has 8 heteroatoms. The Balaban J connectivity index is 1.85. The molecule has 4 aromatic rings. The second-order valence-electron chi connectivity index (χ2n) is 7.63. The van der Waals surface area contributed by atoms with Gasteiger partial charge in [-0.2, -0.15) is 0 Å². The minimum absolute atomic E-state index is 0.0190. The molecule has 0 aliphatic rings. The number of amides is 1. The highest BCUT2D eigenvalue weighted by Crippen LogP contribution is 2.28. The predicted molar refractivity (Wildman–Crippen MR) is 117 cm³/mol. The van der Waals surface area contributed by atoms with E-state index in [-0.39, 0.29) is 17.6 Å². The number of aromatic nitrogens is 2. The third-order valence-corrected chi connectivity index (χ3v) is 4.90. The van der Waals surface area contributed by atoms with Crippen LogP contribution in [-0.2, 0) is 0 Å². The highest BCUT2D eigenvalue weighted by Gasteiger charge is 2.17. The Labute approximate surface area is 172 Å². The summed E-state index contributed by atoms with van der Waals surface area (Å²) in [6.07, 6.45) is 0. The van der Waals surface area contributed by atoms with Crippen LogP contribution in [0.25, 0.3) is 32.8 Å². The summed E-state index contributed by atoms with van der Waals surface area (Å²) >= 11 is 0. The van der Waals surface area contributed by atoms with Gasteiger partial charge >= 0.3 is 0 Å². The van der Waals surface area contributed by atoms with E-state index in [4.69, 9.17) is 4.98 Å². The molecule has 0 aliphatic heterocycles. The van der Waals surface area contributed by atoms with Crippen molar-refractivity contribution in [2.45, 2.75) is 13.0 Å². The molecular weight excluding hydrogens is 382 g/mol. The molecule has 152 valence electrons. The van der Waals surface area contributed by atoms with Gasteiger partial charge in [-0.1, -0.05) is 12.1 Å². The molecule has 0 spiro atoms. The minimum atomic E-state index is -0.424. The molecule has 0 fully saturated rings. The van der Waals surface area contributed by atoms with Crippen molar-refractivity contribution in [1.29, 1.82) is 0 Å². The summed E-state index contributed by atoms with van der Waals surface area (Å²) < 4.78 is 0. The SMILES string of the molecule is CC(CN(C)C)NC(=O)c1cccc2nc3ccc4cc([N+](=O)[O-])ccc4c3nc12. The van der Waals surface area contributed by atoms with Crippen molar-refractivity contribution in [3.05, 3.63) is 64.2 Å². The van der Waals surface area contributed by atoms with Crippen molar-refractivity contribution in [1.82, 2.24) is 20.2 Å². The standard InChI is InChI=1S/C22H21N5O3/c1-13(12-26(2)3)23-22(28)17-5-4-6-18-21(17)25-20-16-9-8-15(27(29)30)11-14(16)7-10-19(20)24-18/h4-11,13H,12H2,1-3H3,(H,23,28). The Morgan fingerprint density at radius 1 is 1.10 bits per heavy atom. The second-order valence-corrected chi connectivity index (χ2v) is 7.63. The van der Waals surface area contributed by atoms with Gasteiger partial charge in [0.05, 0.1) is 27.0 Å². The monoisotopic (exact) mass is 403 g/mol. The van der Waals surface area contributed by atoms with Crippen LogP contribution in [0, 0.1) is 10.1 Å². The summed E-state index contributed by atoms with van der Waals surface area (Å²) in [4.78, 5) is 35.0. The lowest BCUT2D eigenvalue weighted by atomic mass is 10.1. The largest absolute Gasteiger partial charge is 0.348 e. The van der Waals surface area contributed by atoms with Gasteiger partial charge < -0.3 is 10.2 Å². The zero-order chi connectivity index (χ0) is 21.4. The summed E-state index contributed by atoms with van der Waals surface area (Å²) in [7, 11) is 3.90. The first-order valence-corrected chi connectivity index (χ1v) is 9.56. The molecule has 0 bridgehead atoms. The highest BCUT2D eigenvalue weighted by atomic mass is 16.6. The molecule has 3 aromatic carbocycles. The van der Waals surface area contributed by atoms with Crippen molar-refractivity contribution in [3.8, 4) is 0 Å². The van der Waals surface area contributed by atoms with Crippen molar-refractivity contribution >= 4 is 44.4 Å². The van der Waals surface area contributed by atoms with E-state index in [0.29, 0.717) is 39.6 Å². The molecule has 0 aliphatic carbocycles. The molecule has 1 N–H and O–H groups in total. The number of non-ortho nitro benzene ring substituents is 1. The average Bonchev–Trinajstić information content (AvgIpc) is 2.70. The first-order chi connectivity index (χ1) is 14.3. The third-order valence-electron chi connectivity index (χ3n) is 4.90. The number of nitro benzene ring substituents is 1. The summed E-state index contributed by atoms with van der Waals surface area (Å²) in [6.45, 7) is 2.67. The number of benzene rings is 3. The molecule has 0 radical (unpaired) electrons. The number of nitrogens with zero attached hydrogens (tertiary/aromatic N) is 4. The fraction of sp³-hybridized carbons (Fsp3) is 0.227. The maximum Gasteiger partial charge on any atom is 0.270 e. The highest BCUT2D eigenvalue weighted by molar-refractivity contribution is 6.10. The van der Waals surface area contributed by atoms with Gasteiger partial charge in [0.15, 0.2) is 0 Å². The van der Waals surface area contributed by atoms with Crippen LogP contribution < -0.4 is 5.32 Å². The van der Waals surface area contributed by atoms with E-state index in [1.54, 1.807) is 30.3 Å². The third kappa shape index (κ3) is 3.65. The topological polar surface area (TPSA) is 101 Å². The summed E-state index contributed by atoms with van der Waals surface area (Å²) in [5.74, 6) is -0.209. The summed E-state index contributed by atoms with van der Waals surface area (Å²) in [6, 6.07) is 13.6. The number of carbonyl (C=O) groups is 1. The predicted octanol–water partition coefficient (Wildman–Crippen LogP) is 3.52. The van der Waals surface area contributed by atoms with Crippen molar-refractivity contribution in [2.75, 3.05) is 20.6 Å². The average molecular weight is 403 g/mol. The number of likely N-dealkylation sites (N-methyl/N-ethyl adjacent to an activating group) is 1. The normalized spacial score (nSPS) is 12.5. The van der Waals surface area contributed by atoms with Crippen LogP contribution in [0.5, 0.6) is 0 Å². The molecule has 1 aromatic heterocycles. The van der Waals surface area contributed by atoms with Gasteiger partial charge in [-0.05, 0) is 50.7 Å². The maximum absolute atomic E-state index is 12.9. The van der Waals surface area contributed by atoms with Crippen LogP contribution in [0.4, 0.5) is 5.69 Å². The van der Waals surface area contributed by atoms with E-state index in [9.17, 15) is 14.9 Å². The maximum atomic E-state index is 12.9. The van der Waals surface area contributed by atoms with Crippen molar-refractivity contribution < 1.29 is 9.72 Å². The van der Waals surface area contributed by atoms with Crippen molar-refractivity contribution in [2.24, 2.45) is 0 Å². The number of nitro groups is 1. The quantitative estimate of drug-likeness (QED) is 0.237. The van der Waals surface area contributed by atoms with Crippen LogP contribution in [-0.4, -0.2) is 52.4 Å². The molecule has 1 amide bonds. The van der Waals surface area contributed by atoms with Gasteiger partial charge in [-0.25, -0.2) is 9.97 Å². The van der Waals surface area contributed by atoms with E-state index in [1.165, 1.54) is 12.1 Å². The number of nitrogens with one attached hydrogen (secondary N) is 1. The number of fused-ring (bicyclic) bond motifs is 4. The first kappa shape index (κ1) is 19.7. The molecular formula is C22H21N5O3. The van der Waals surface area contributed by atoms with Crippen LogP contribution in [0.3, 0.4) is 0 Å². The first-order valence-electron chi connectivity index (χ1n) is 9.56. The Morgan fingerprint density at radius 3 is 2.60 bits per heavy atom. The Kier molecular flexibility index (Phi) is 5.01. The van der Waals surface area contributed by atoms with E-state index >= 15 is 0 Å². The molecule has 4 rings (SSSR count).